The van der Waals surface area contributed by atoms with Crippen LogP contribution in [0.15, 0.2) is 108 Å². The van der Waals surface area contributed by atoms with Gasteiger partial charge in [0.05, 0.1) is 23.3 Å². The highest BCUT2D eigenvalue weighted by molar-refractivity contribution is 7.89. The first-order chi connectivity index (χ1) is 25.9. The predicted molar refractivity (Wildman–Crippen MR) is 203 cm³/mol. The summed E-state index contributed by atoms with van der Waals surface area (Å²) in [6.45, 7) is -1.06. The van der Waals surface area contributed by atoms with Crippen LogP contribution >= 0.6 is 0 Å². The molecule has 0 saturated heterocycles. The fourth-order valence-electron chi connectivity index (χ4n) is 6.03. The molecule has 2 heterocycles. The van der Waals surface area contributed by atoms with Crippen LogP contribution in [0, 0.1) is 0 Å². The van der Waals surface area contributed by atoms with Crippen molar-refractivity contribution in [3.63, 3.8) is 0 Å². The minimum atomic E-state index is -3.87. The van der Waals surface area contributed by atoms with Gasteiger partial charge in [0, 0.05) is 77.9 Å². The summed E-state index contributed by atoms with van der Waals surface area (Å²) in [5.74, 6) is -3.10. The molecule has 278 valence electrons. The molecular formula is C38H38N8O7S. The number of nitrogens with zero attached hydrogens (tertiary/aromatic N) is 3. The first kappa shape index (κ1) is 37.2. The van der Waals surface area contributed by atoms with Crippen LogP contribution in [-0.4, -0.2) is 85.2 Å². The molecule has 0 bridgehead atoms. The SMILES string of the molecule is CN(C)c1cccc2c(S(=O)(=O)NCc3cnn(-c4ccc(C(=O)NCC(=O)NC(Cc5c[nH]c6ccccc56)C(=O)NCC(=O)O)cc4)c3)cccc12. The Labute approximate surface area is 310 Å². The number of para-hydroxylation sites is 1. The van der Waals surface area contributed by atoms with Gasteiger partial charge in [0.25, 0.3) is 5.91 Å². The number of nitrogens with one attached hydrogen (secondary N) is 5. The standard InChI is InChI=1S/C38H38N8O7S/c1-45(2)33-11-5-9-30-29(33)8-6-12-34(30)54(52,53)43-19-24-18-42-46(23-24)27-15-13-25(14-16-27)37(50)40-21-35(47)44-32(38(51)41-22-36(48)49)17-26-20-39-31-10-4-3-7-28(26)31/h3-16,18,20,23,32,39,43H,17,19,21-22H2,1-2H3,(H,40,50)(H,41,51)(H,44,47)(H,48,49). The number of fused-ring (bicyclic) bond motifs is 2. The molecule has 3 amide bonds. The van der Waals surface area contributed by atoms with Gasteiger partial charge in [0.15, 0.2) is 0 Å². The van der Waals surface area contributed by atoms with E-state index < -0.39 is 52.8 Å². The van der Waals surface area contributed by atoms with E-state index in [1.54, 1.807) is 65.7 Å². The molecule has 1 atom stereocenters. The number of carboxylic acid groups (broad SMARTS) is 1. The van der Waals surface area contributed by atoms with Crippen molar-refractivity contribution in [3.8, 4) is 5.69 Å². The van der Waals surface area contributed by atoms with E-state index in [1.807, 2.05) is 61.5 Å². The highest BCUT2D eigenvalue weighted by atomic mass is 32.2. The number of aromatic amines is 1. The Morgan fingerprint density at radius 3 is 2.35 bits per heavy atom. The second kappa shape index (κ2) is 16.0. The molecule has 0 radical (unpaired) electrons. The van der Waals surface area contributed by atoms with E-state index in [0.717, 1.165) is 27.5 Å². The fraction of sp³-hybridized carbons (Fsp3) is 0.184. The number of anilines is 1. The molecule has 1 unspecified atom stereocenters. The number of amides is 3. The average Bonchev–Trinajstić information content (AvgIpc) is 3.82. The van der Waals surface area contributed by atoms with Crippen molar-refractivity contribution in [2.24, 2.45) is 0 Å². The summed E-state index contributed by atoms with van der Waals surface area (Å²) >= 11 is 0. The summed E-state index contributed by atoms with van der Waals surface area (Å²) in [5.41, 5.74) is 3.97. The maximum absolute atomic E-state index is 13.4. The Hall–Kier alpha value is -6.52. The van der Waals surface area contributed by atoms with Gasteiger partial charge in [-0.05, 0) is 48.0 Å². The molecule has 0 aliphatic rings. The molecule has 6 N–H and O–H groups in total. The fourth-order valence-corrected chi connectivity index (χ4v) is 7.26. The third kappa shape index (κ3) is 8.57. The molecular weight excluding hydrogens is 713 g/mol. The number of aliphatic carboxylic acids is 1. The summed E-state index contributed by atoms with van der Waals surface area (Å²) in [6, 6.07) is 23.5. The molecule has 6 rings (SSSR count). The average molecular weight is 751 g/mol. The van der Waals surface area contributed by atoms with E-state index in [0.29, 0.717) is 16.6 Å². The van der Waals surface area contributed by atoms with Crippen molar-refractivity contribution in [2.45, 2.75) is 23.9 Å². The molecule has 0 saturated carbocycles. The molecule has 0 aliphatic carbocycles. The zero-order chi connectivity index (χ0) is 38.4. The van der Waals surface area contributed by atoms with Gasteiger partial charge in [0.2, 0.25) is 21.8 Å². The van der Waals surface area contributed by atoms with Gasteiger partial charge >= 0.3 is 5.97 Å². The number of benzene rings is 4. The highest BCUT2D eigenvalue weighted by Crippen LogP contribution is 2.30. The smallest absolute Gasteiger partial charge is 0.322 e. The number of aromatic nitrogens is 3. The summed E-state index contributed by atoms with van der Waals surface area (Å²) < 4.78 is 30.9. The van der Waals surface area contributed by atoms with Crippen LogP contribution in [0.4, 0.5) is 5.69 Å². The van der Waals surface area contributed by atoms with Crippen LogP contribution in [0.3, 0.4) is 0 Å². The summed E-state index contributed by atoms with van der Waals surface area (Å²) in [7, 11) is -0.0647. The maximum Gasteiger partial charge on any atom is 0.322 e. The number of H-pyrrole nitrogens is 1. The monoisotopic (exact) mass is 750 g/mol. The zero-order valence-corrected chi connectivity index (χ0v) is 30.2. The number of carbonyl (C=O) groups excluding carboxylic acids is 3. The van der Waals surface area contributed by atoms with Gasteiger partial charge in [-0.25, -0.2) is 17.8 Å². The third-order valence-corrected chi connectivity index (χ3v) is 10.2. The van der Waals surface area contributed by atoms with Crippen molar-refractivity contribution in [2.75, 3.05) is 32.1 Å². The largest absolute Gasteiger partial charge is 0.480 e. The van der Waals surface area contributed by atoms with E-state index in [9.17, 15) is 27.6 Å². The minimum absolute atomic E-state index is 0.00149. The lowest BCUT2D eigenvalue weighted by Gasteiger charge is -2.18. The second-order valence-corrected chi connectivity index (χ2v) is 14.4. The molecule has 0 spiro atoms. The lowest BCUT2D eigenvalue weighted by atomic mass is 10.0. The van der Waals surface area contributed by atoms with Crippen LogP contribution in [0.1, 0.15) is 21.5 Å². The second-order valence-electron chi connectivity index (χ2n) is 12.7. The lowest BCUT2D eigenvalue weighted by molar-refractivity contribution is -0.138. The lowest BCUT2D eigenvalue weighted by Crippen LogP contribution is -2.51. The van der Waals surface area contributed by atoms with Gasteiger partial charge in [-0.15, -0.1) is 0 Å². The van der Waals surface area contributed by atoms with E-state index in [-0.39, 0.29) is 23.4 Å². The Balaban J connectivity index is 1.04. The molecule has 16 heteroatoms. The number of carboxylic acids is 1. The Morgan fingerprint density at radius 1 is 0.870 bits per heavy atom. The third-order valence-electron chi connectivity index (χ3n) is 8.70. The molecule has 2 aromatic heterocycles. The van der Waals surface area contributed by atoms with Crippen LogP contribution in [0.2, 0.25) is 0 Å². The molecule has 54 heavy (non-hydrogen) atoms. The van der Waals surface area contributed by atoms with Crippen molar-refractivity contribution >= 4 is 61.1 Å². The number of carbonyl (C=O) groups is 4. The van der Waals surface area contributed by atoms with Crippen LogP contribution in [0.25, 0.3) is 27.4 Å². The first-order valence-electron chi connectivity index (χ1n) is 16.8. The van der Waals surface area contributed by atoms with Crippen molar-refractivity contribution in [3.05, 3.63) is 120 Å². The zero-order valence-electron chi connectivity index (χ0n) is 29.4. The number of hydrogen-bond acceptors (Lipinski definition) is 8. The summed E-state index contributed by atoms with van der Waals surface area (Å²) in [6.07, 6.45) is 5.02. The van der Waals surface area contributed by atoms with Gasteiger partial charge in [-0.1, -0.05) is 42.5 Å². The van der Waals surface area contributed by atoms with Crippen LogP contribution in [-0.2, 0) is 37.4 Å². The number of rotatable bonds is 15. The Morgan fingerprint density at radius 2 is 1.59 bits per heavy atom. The van der Waals surface area contributed by atoms with Crippen LogP contribution in [0.5, 0.6) is 0 Å². The van der Waals surface area contributed by atoms with E-state index in [2.05, 4.69) is 30.8 Å². The van der Waals surface area contributed by atoms with Gasteiger partial charge in [-0.2, -0.15) is 5.10 Å². The quantitative estimate of drug-likeness (QED) is 0.0911. The Bertz CT molecular complexity index is 2460. The van der Waals surface area contributed by atoms with E-state index in [4.69, 9.17) is 5.11 Å². The topological polar surface area (TPSA) is 208 Å². The first-order valence-corrected chi connectivity index (χ1v) is 18.3. The molecule has 6 aromatic rings. The Kier molecular flexibility index (Phi) is 11.0. The molecule has 4 aromatic carbocycles. The van der Waals surface area contributed by atoms with E-state index in [1.165, 1.54) is 0 Å². The summed E-state index contributed by atoms with van der Waals surface area (Å²) in [4.78, 5) is 54.9. The van der Waals surface area contributed by atoms with Crippen molar-refractivity contribution in [1.29, 1.82) is 0 Å². The van der Waals surface area contributed by atoms with Crippen molar-refractivity contribution in [1.82, 2.24) is 35.4 Å². The molecule has 15 nitrogen and oxygen atoms in total. The highest BCUT2D eigenvalue weighted by Gasteiger charge is 2.24. The van der Waals surface area contributed by atoms with Gasteiger partial charge in [-0.3, -0.25) is 19.2 Å². The molecule has 0 fully saturated rings. The maximum atomic E-state index is 13.4. The van der Waals surface area contributed by atoms with Gasteiger partial charge in [0.1, 0.15) is 12.6 Å². The molecule has 0 aliphatic heterocycles. The summed E-state index contributed by atoms with van der Waals surface area (Å²) in [5, 5.41) is 23.1. The van der Waals surface area contributed by atoms with Crippen LogP contribution < -0.4 is 25.6 Å². The van der Waals surface area contributed by atoms with E-state index >= 15 is 0 Å². The normalized spacial score (nSPS) is 12.0. The predicted octanol–water partition coefficient (Wildman–Crippen LogP) is 2.71. The number of hydrogen-bond donors (Lipinski definition) is 6. The van der Waals surface area contributed by atoms with Gasteiger partial charge < -0.3 is 30.9 Å². The number of sulfonamides is 1. The van der Waals surface area contributed by atoms with Crippen molar-refractivity contribution < 1.29 is 32.7 Å². The minimum Gasteiger partial charge on any atom is -0.480 e.